The standard InChI is InChI=1S/C22H18F3N11S/c1-3-34-20(15-9-16(22(23,24)25)33(2)31-15)29-30-21(34)37-11-17-28-19-14-10-27-36(13-7-5-4-6-8-13)18(14)26-12-35(19)32-17/h4-10,12H,3,11H2,1-2H3. The minimum absolute atomic E-state index is 0.103. The molecule has 6 aromatic rings. The maximum absolute atomic E-state index is 13.2. The van der Waals surface area contributed by atoms with Crippen molar-refractivity contribution in [2.75, 3.05) is 0 Å². The van der Waals surface area contributed by atoms with E-state index in [0.29, 0.717) is 34.6 Å². The first-order chi connectivity index (χ1) is 17.8. The zero-order valence-electron chi connectivity index (χ0n) is 19.5. The summed E-state index contributed by atoms with van der Waals surface area (Å²) in [5.74, 6) is 1.17. The third kappa shape index (κ3) is 4.00. The maximum Gasteiger partial charge on any atom is 0.433 e. The Labute approximate surface area is 211 Å². The minimum atomic E-state index is -4.51. The number of nitrogens with zero attached hydrogens (tertiary/aromatic N) is 11. The summed E-state index contributed by atoms with van der Waals surface area (Å²) in [6.45, 7) is 2.31. The Morgan fingerprint density at radius 1 is 1.03 bits per heavy atom. The first kappa shape index (κ1) is 23.1. The van der Waals surface area contributed by atoms with Crippen molar-refractivity contribution in [3.63, 3.8) is 0 Å². The van der Waals surface area contributed by atoms with Crippen molar-refractivity contribution < 1.29 is 13.2 Å². The van der Waals surface area contributed by atoms with Crippen LogP contribution >= 0.6 is 11.8 Å². The summed E-state index contributed by atoms with van der Waals surface area (Å²) in [6.07, 6.45) is -1.22. The van der Waals surface area contributed by atoms with Crippen LogP contribution in [0.2, 0.25) is 0 Å². The van der Waals surface area contributed by atoms with Gasteiger partial charge in [0.25, 0.3) is 0 Å². The van der Waals surface area contributed by atoms with Crippen molar-refractivity contribution in [1.29, 1.82) is 0 Å². The van der Waals surface area contributed by atoms with Gasteiger partial charge in [0.05, 0.1) is 23.0 Å². The number of alkyl halides is 3. The molecular formula is C22H18F3N11S. The normalized spacial score (nSPS) is 12.2. The Hall–Kier alpha value is -4.27. The zero-order chi connectivity index (χ0) is 25.7. The summed E-state index contributed by atoms with van der Waals surface area (Å²) in [6, 6.07) is 10.6. The Bertz CT molecular complexity index is 1730. The van der Waals surface area contributed by atoms with Crippen molar-refractivity contribution in [1.82, 2.24) is 53.9 Å². The number of rotatable bonds is 6. The molecule has 0 amide bonds. The summed E-state index contributed by atoms with van der Waals surface area (Å²) in [5.41, 5.74) is 1.41. The summed E-state index contributed by atoms with van der Waals surface area (Å²) in [4.78, 5) is 9.17. The van der Waals surface area contributed by atoms with Crippen molar-refractivity contribution in [3.05, 3.63) is 60.4 Å². The number of aryl methyl sites for hydroxylation is 1. The van der Waals surface area contributed by atoms with Gasteiger partial charge in [0.1, 0.15) is 17.7 Å². The molecule has 0 saturated carbocycles. The molecule has 5 heterocycles. The fraction of sp³-hybridized carbons (Fsp3) is 0.227. The van der Waals surface area contributed by atoms with Crippen molar-refractivity contribution >= 4 is 28.4 Å². The second-order valence-electron chi connectivity index (χ2n) is 8.05. The molecule has 1 aromatic carbocycles. The van der Waals surface area contributed by atoms with E-state index in [1.54, 1.807) is 26.3 Å². The molecule has 0 atom stereocenters. The fourth-order valence-electron chi connectivity index (χ4n) is 4.03. The summed E-state index contributed by atoms with van der Waals surface area (Å²) >= 11 is 1.33. The molecule has 0 N–H and O–H groups in total. The van der Waals surface area contributed by atoms with Crippen molar-refractivity contribution in [2.45, 2.75) is 30.6 Å². The highest BCUT2D eigenvalue weighted by Crippen LogP contribution is 2.32. The smallest absolute Gasteiger partial charge is 0.301 e. The minimum Gasteiger partial charge on any atom is -0.301 e. The number of aromatic nitrogens is 11. The van der Waals surface area contributed by atoms with E-state index in [9.17, 15) is 13.2 Å². The summed E-state index contributed by atoms with van der Waals surface area (Å²) < 4.78 is 45.5. The molecule has 0 aliphatic rings. The van der Waals surface area contributed by atoms with Gasteiger partial charge in [-0.05, 0) is 25.1 Å². The van der Waals surface area contributed by atoms with Crippen LogP contribution in [0.15, 0.2) is 54.1 Å². The van der Waals surface area contributed by atoms with Crippen molar-refractivity contribution in [2.24, 2.45) is 7.05 Å². The number of hydrogen-bond acceptors (Lipinski definition) is 8. The Balaban J connectivity index is 1.28. The first-order valence-electron chi connectivity index (χ1n) is 11.1. The highest BCUT2D eigenvalue weighted by molar-refractivity contribution is 7.98. The van der Waals surface area contributed by atoms with Gasteiger partial charge in [-0.25, -0.2) is 19.2 Å². The van der Waals surface area contributed by atoms with Crippen LogP contribution in [0.25, 0.3) is 33.9 Å². The van der Waals surface area contributed by atoms with Gasteiger partial charge in [0.15, 0.2) is 28.1 Å². The number of hydrogen-bond donors (Lipinski definition) is 0. The lowest BCUT2D eigenvalue weighted by molar-refractivity contribution is -0.143. The molecule has 188 valence electrons. The van der Waals surface area contributed by atoms with Crippen LogP contribution in [0.4, 0.5) is 13.2 Å². The highest BCUT2D eigenvalue weighted by Gasteiger charge is 2.35. The molecule has 0 bridgehead atoms. The lowest BCUT2D eigenvalue weighted by Crippen LogP contribution is -2.11. The summed E-state index contributed by atoms with van der Waals surface area (Å²) in [5, 5.41) is 22.5. The second-order valence-corrected chi connectivity index (χ2v) is 8.99. The van der Waals surface area contributed by atoms with E-state index in [-0.39, 0.29) is 11.5 Å². The molecule has 0 saturated heterocycles. The monoisotopic (exact) mass is 525 g/mol. The van der Waals surface area contributed by atoms with Gasteiger partial charge in [-0.3, -0.25) is 4.68 Å². The van der Waals surface area contributed by atoms with Crippen LogP contribution in [0.3, 0.4) is 0 Å². The molecule has 5 aromatic heterocycles. The highest BCUT2D eigenvalue weighted by atomic mass is 32.2. The van der Waals surface area contributed by atoms with Gasteiger partial charge in [-0.1, -0.05) is 30.0 Å². The average molecular weight is 526 g/mol. The predicted molar refractivity (Wildman–Crippen MR) is 128 cm³/mol. The lowest BCUT2D eigenvalue weighted by Gasteiger charge is -2.04. The van der Waals surface area contributed by atoms with Gasteiger partial charge < -0.3 is 4.57 Å². The van der Waals surface area contributed by atoms with E-state index in [4.69, 9.17) is 0 Å². The van der Waals surface area contributed by atoms with E-state index in [0.717, 1.165) is 21.8 Å². The molecule has 6 rings (SSSR count). The third-order valence-corrected chi connectivity index (χ3v) is 6.68. The molecule has 0 aliphatic heterocycles. The molecule has 11 nitrogen and oxygen atoms in total. The van der Waals surface area contributed by atoms with Crippen LogP contribution in [-0.4, -0.2) is 53.9 Å². The average Bonchev–Trinajstić information content (AvgIpc) is 3.65. The molecule has 15 heteroatoms. The van der Waals surface area contributed by atoms with E-state index >= 15 is 0 Å². The molecule has 0 radical (unpaired) electrons. The Morgan fingerprint density at radius 3 is 2.57 bits per heavy atom. The van der Waals surface area contributed by atoms with E-state index in [2.05, 4.69) is 35.5 Å². The van der Waals surface area contributed by atoms with Crippen LogP contribution in [0.1, 0.15) is 18.4 Å². The molecule has 37 heavy (non-hydrogen) atoms. The molecule has 0 spiro atoms. The second kappa shape index (κ2) is 8.69. The zero-order valence-corrected chi connectivity index (χ0v) is 20.3. The lowest BCUT2D eigenvalue weighted by atomic mass is 10.3. The third-order valence-electron chi connectivity index (χ3n) is 5.71. The fourth-order valence-corrected chi connectivity index (χ4v) is 4.88. The predicted octanol–water partition coefficient (Wildman–Crippen LogP) is 3.79. The molecule has 0 unspecified atom stereocenters. The van der Waals surface area contributed by atoms with Gasteiger partial charge in [0, 0.05) is 13.6 Å². The van der Waals surface area contributed by atoms with Crippen LogP contribution in [0.5, 0.6) is 0 Å². The maximum atomic E-state index is 13.2. The first-order valence-corrected chi connectivity index (χ1v) is 12.1. The Kier molecular flexibility index (Phi) is 5.43. The van der Waals surface area contributed by atoms with Gasteiger partial charge in [-0.15, -0.1) is 15.3 Å². The SMILES string of the molecule is CCn1c(SCc2nc3c4cnn(-c5ccccc5)c4ncn3n2)nnc1-c1cc(C(F)(F)F)n(C)n1. The van der Waals surface area contributed by atoms with Crippen molar-refractivity contribution in [3.8, 4) is 17.2 Å². The van der Waals surface area contributed by atoms with E-state index in [1.165, 1.54) is 18.8 Å². The van der Waals surface area contributed by atoms with Crippen LogP contribution in [0, 0.1) is 0 Å². The van der Waals surface area contributed by atoms with Crippen LogP contribution in [-0.2, 0) is 25.5 Å². The number of halogens is 3. The molecular weight excluding hydrogens is 507 g/mol. The Morgan fingerprint density at radius 2 is 1.84 bits per heavy atom. The number of thioether (sulfide) groups is 1. The quantitative estimate of drug-likeness (QED) is 0.302. The van der Waals surface area contributed by atoms with E-state index in [1.807, 2.05) is 37.3 Å². The molecule has 0 fully saturated rings. The van der Waals surface area contributed by atoms with Crippen LogP contribution < -0.4 is 0 Å². The largest absolute Gasteiger partial charge is 0.433 e. The van der Waals surface area contributed by atoms with E-state index < -0.39 is 11.9 Å². The molecule has 0 aliphatic carbocycles. The topological polar surface area (TPSA) is 109 Å². The van der Waals surface area contributed by atoms with Gasteiger partial charge in [0.2, 0.25) is 0 Å². The number of benzene rings is 1. The van der Waals surface area contributed by atoms with Gasteiger partial charge >= 0.3 is 6.18 Å². The van der Waals surface area contributed by atoms with Gasteiger partial charge in [-0.2, -0.15) is 23.4 Å². The number of fused-ring (bicyclic) bond motifs is 3. The summed E-state index contributed by atoms with van der Waals surface area (Å²) in [7, 11) is 1.25. The number of para-hydroxylation sites is 1.